The number of carbonyl (C=O) groups excluding carboxylic acids is 1. The molecule has 0 fully saturated rings. The Morgan fingerprint density at radius 2 is 2.43 bits per heavy atom. The van der Waals surface area contributed by atoms with E-state index < -0.39 is 0 Å². The van der Waals surface area contributed by atoms with Gasteiger partial charge in [0.2, 0.25) is 3.79 Å². The summed E-state index contributed by atoms with van der Waals surface area (Å²) in [6, 6.07) is -0.385. The fourth-order valence-electron chi connectivity index (χ4n) is 0.0718. The van der Waals surface area contributed by atoms with Gasteiger partial charge in [-0.25, -0.2) is 0 Å². The molecular weight excluding hydrogens is 225 g/mol. The predicted molar refractivity (Wildman–Crippen MR) is 40.9 cm³/mol. The van der Waals surface area contributed by atoms with Crippen LogP contribution < -0.4 is 5.73 Å². The third-order valence-electron chi connectivity index (χ3n) is 0.488. The normalized spacial score (nSPS) is 13.6. The molecule has 42 valence electrons. The average Bonchev–Trinajstić information content (AvgIpc) is 1.65. The highest BCUT2D eigenvalue weighted by molar-refractivity contribution is 14.1. The zero-order chi connectivity index (χ0) is 5.86. The standard InChI is InChI=1S/C3H6INOS/c4-3(6)2(5)1-7/h2,7H,1,5H2. The van der Waals surface area contributed by atoms with Crippen LogP contribution in [-0.4, -0.2) is 15.6 Å². The molecule has 0 radical (unpaired) electrons. The monoisotopic (exact) mass is 231 g/mol. The Hall–Kier alpha value is 0.710. The van der Waals surface area contributed by atoms with Gasteiger partial charge in [0.1, 0.15) is 0 Å². The van der Waals surface area contributed by atoms with Gasteiger partial charge in [0.05, 0.1) is 6.04 Å². The molecule has 0 rings (SSSR count). The van der Waals surface area contributed by atoms with E-state index in [0.717, 1.165) is 0 Å². The lowest BCUT2D eigenvalue weighted by Gasteiger charge is -1.96. The Kier molecular flexibility index (Phi) is 4.05. The van der Waals surface area contributed by atoms with Crippen molar-refractivity contribution in [2.45, 2.75) is 6.04 Å². The second-order valence-electron chi connectivity index (χ2n) is 1.09. The topological polar surface area (TPSA) is 43.1 Å². The van der Waals surface area contributed by atoms with Gasteiger partial charge in [0.15, 0.2) is 0 Å². The molecule has 0 aromatic rings. The third kappa shape index (κ3) is 3.31. The number of hydrogen-bond donors (Lipinski definition) is 2. The fourth-order valence-corrected chi connectivity index (χ4v) is 0.806. The molecular formula is C3H6INOS. The summed E-state index contributed by atoms with van der Waals surface area (Å²) in [6.07, 6.45) is 0. The molecule has 2 nitrogen and oxygen atoms in total. The number of thiol groups is 1. The summed E-state index contributed by atoms with van der Waals surface area (Å²) >= 11 is 5.46. The van der Waals surface area contributed by atoms with Crippen LogP contribution in [0.3, 0.4) is 0 Å². The highest BCUT2D eigenvalue weighted by atomic mass is 127. The number of carbonyl (C=O) groups is 1. The Morgan fingerprint density at radius 1 is 2.00 bits per heavy atom. The fraction of sp³-hybridized carbons (Fsp3) is 0.667. The van der Waals surface area contributed by atoms with Gasteiger partial charge in [0.25, 0.3) is 0 Å². The van der Waals surface area contributed by atoms with E-state index in [1.165, 1.54) is 0 Å². The van der Waals surface area contributed by atoms with E-state index in [9.17, 15) is 4.79 Å². The molecule has 0 bridgehead atoms. The van der Waals surface area contributed by atoms with Gasteiger partial charge in [-0.15, -0.1) is 0 Å². The molecule has 0 aliphatic heterocycles. The largest absolute Gasteiger partial charge is 0.320 e. The van der Waals surface area contributed by atoms with E-state index in [0.29, 0.717) is 5.75 Å². The lowest BCUT2D eigenvalue weighted by molar-refractivity contribution is -0.110. The van der Waals surface area contributed by atoms with Gasteiger partial charge >= 0.3 is 0 Å². The quantitative estimate of drug-likeness (QED) is 0.405. The molecule has 0 heterocycles. The zero-order valence-electron chi connectivity index (χ0n) is 3.60. The average molecular weight is 231 g/mol. The van der Waals surface area contributed by atoms with Crippen molar-refractivity contribution in [3.63, 3.8) is 0 Å². The van der Waals surface area contributed by atoms with Gasteiger partial charge in [0, 0.05) is 28.3 Å². The van der Waals surface area contributed by atoms with E-state index in [1.807, 2.05) is 0 Å². The SMILES string of the molecule is NC(CS)C(=O)I. The van der Waals surface area contributed by atoms with E-state index in [1.54, 1.807) is 22.6 Å². The summed E-state index contributed by atoms with van der Waals surface area (Å²) < 4.78 is -0.0346. The Bertz CT molecular complexity index is 77.3. The van der Waals surface area contributed by atoms with Crippen LogP contribution in [0.15, 0.2) is 0 Å². The molecule has 0 spiro atoms. The van der Waals surface area contributed by atoms with E-state index >= 15 is 0 Å². The van der Waals surface area contributed by atoms with Crippen molar-refractivity contribution >= 4 is 39.0 Å². The third-order valence-corrected chi connectivity index (χ3v) is 1.68. The Labute approximate surface area is 61.4 Å². The van der Waals surface area contributed by atoms with Gasteiger partial charge in [-0.05, 0) is 0 Å². The summed E-state index contributed by atoms with van der Waals surface area (Å²) in [7, 11) is 0. The lowest BCUT2D eigenvalue weighted by atomic mass is 10.4. The molecule has 0 aliphatic carbocycles. The zero-order valence-corrected chi connectivity index (χ0v) is 6.65. The minimum atomic E-state index is -0.385. The maximum Gasteiger partial charge on any atom is 0.209 e. The molecule has 2 N–H and O–H groups in total. The van der Waals surface area contributed by atoms with Crippen molar-refractivity contribution in [2.24, 2.45) is 5.73 Å². The minimum Gasteiger partial charge on any atom is -0.320 e. The van der Waals surface area contributed by atoms with E-state index in [2.05, 4.69) is 12.6 Å². The number of rotatable bonds is 2. The first kappa shape index (κ1) is 7.71. The van der Waals surface area contributed by atoms with E-state index in [4.69, 9.17) is 5.73 Å². The molecule has 7 heavy (non-hydrogen) atoms. The second-order valence-corrected chi connectivity index (χ2v) is 2.52. The predicted octanol–water partition coefficient (Wildman–Crippen LogP) is 0.205. The van der Waals surface area contributed by atoms with Crippen LogP contribution >= 0.6 is 35.2 Å². The van der Waals surface area contributed by atoms with Crippen molar-refractivity contribution in [1.29, 1.82) is 0 Å². The highest BCUT2D eigenvalue weighted by Crippen LogP contribution is 1.92. The molecule has 0 aliphatic rings. The molecule has 4 heteroatoms. The van der Waals surface area contributed by atoms with Gasteiger partial charge < -0.3 is 5.73 Å². The maximum atomic E-state index is 10.2. The number of halogens is 1. The Morgan fingerprint density at radius 3 is 2.43 bits per heavy atom. The van der Waals surface area contributed by atoms with Crippen LogP contribution in [0.1, 0.15) is 0 Å². The van der Waals surface area contributed by atoms with Crippen molar-refractivity contribution in [3.05, 3.63) is 0 Å². The Balaban J connectivity index is 3.34. The summed E-state index contributed by atoms with van der Waals surface area (Å²) in [5.74, 6) is 0.432. The van der Waals surface area contributed by atoms with Crippen LogP contribution in [0.25, 0.3) is 0 Å². The molecule has 1 unspecified atom stereocenters. The maximum absolute atomic E-state index is 10.2. The summed E-state index contributed by atoms with van der Waals surface area (Å²) in [5.41, 5.74) is 5.18. The molecule has 0 saturated carbocycles. The van der Waals surface area contributed by atoms with Crippen LogP contribution in [0, 0.1) is 0 Å². The first-order chi connectivity index (χ1) is 3.18. The molecule has 0 aromatic carbocycles. The molecule has 0 aromatic heterocycles. The van der Waals surface area contributed by atoms with Crippen LogP contribution in [0.5, 0.6) is 0 Å². The highest BCUT2D eigenvalue weighted by Gasteiger charge is 2.04. The molecule has 0 amide bonds. The smallest absolute Gasteiger partial charge is 0.209 e. The summed E-state index contributed by atoms with van der Waals surface area (Å²) in [6.45, 7) is 0. The van der Waals surface area contributed by atoms with E-state index in [-0.39, 0.29) is 9.83 Å². The van der Waals surface area contributed by atoms with Crippen molar-refractivity contribution in [1.82, 2.24) is 0 Å². The van der Waals surface area contributed by atoms with Gasteiger partial charge in [-0.2, -0.15) is 12.6 Å². The number of nitrogens with two attached hydrogens (primary N) is 1. The summed E-state index contributed by atoms with van der Waals surface area (Å²) in [5, 5.41) is 0. The molecule has 1 atom stereocenters. The van der Waals surface area contributed by atoms with Crippen LogP contribution in [0.4, 0.5) is 0 Å². The first-order valence-electron chi connectivity index (χ1n) is 1.74. The lowest BCUT2D eigenvalue weighted by Crippen LogP contribution is -2.27. The van der Waals surface area contributed by atoms with Crippen molar-refractivity contribution < 1.29 is 4.79 Å². The van der Waals surface area contributed by atoms with Crippen LogP contribution in [-0.2, 0) is 4.79 Å². The number of hydrogen-bond acceptors (Lipinski definition) is 3. The van der Waals surface area contributed by atoms with Gasteiger partial charge in [-0.1, -0.05) is 0 Å². The minimum absolute atomic E-state index is 0.0346. The first-order valence-corrected chi connectivity index (χ1v) is 3.45. The van der Waals surface area contributed by atoms with Crippen LogP contribution in [0.2, 0.25) is 0 Å². The van der Waals surface area contributed by atoms with Gasteiger partial charge in [-0.3, -0.25) is 4.79 Å². The van der Waals surface area contributed by atoms with Crippen molar-refractivity contribution in [3.8, 4) is 0 Å². The summed E-state index contributed by atoms with van der Waals surface area (Å²) in [4.78, 5) is 10.2. The molecule has 0 saturated heterocycles. The second kappa shape index (κ2) is 3.68. The van der Waals surface area contributed by atoms with Crippen molar-refractivity contribution in [2.75, 3.05) is 5.75 Å².